The van der Waals surface area contributed by atoms with Crippen LogP contribution in [0.3, 0.4) is 0 Å². The van der Waals surface area contributed by atoms with Gasteiger partial charge in [0.05, 0.1) is 18.6 Å². The van der Waals surface area contributed by atoms with Crippen LogP contribution in [0.4, 0.5) is 0 Å². The Kier molecular flexibility index (Phi) is 9.36. The average Bonchev–Trinajstić information content (AvgIpc) is 3.45. The van der Waals surface area contributed by atoms with E-state index in [1.807, 2.05) is 102 Å². The van der Waals surface area contributed by atoms with Crippen molar-refractivity contribution in [3.05, 3.63) is 115 Å². The van der Waals surface area contributed by atoms with E-state index in [0.717, 1.165) is 33.9 Å². The van der Waals surface area contributed by atoms with E-state index in [4.69, 9.17) is 9.47 Å². The summed E-state index contributed by atoms with van der Waals surface area (Å²) < 4.78 is 13.3. The largest absolute Gasteiger partial charge is 0.494 e. The summed E-state index contributed by atoms with van der Waals surface area (Å²) in [5, 5.41) is 13.4. The Labute approximate surface area is 242 Å². The first-order valence-corrected chi connectivity index (χ1v) is 14.0. The minimum atomic E-state index is -0.271. The number of hydrazone groups is 1. The van der Waals surface area contributed by atoms with E-state index in [-0.39, 0.29) is 11.7 Å². The van der Waals surface area contributed by atoms with Crippen molar-refractivity contribution in [2.75, 3.05) is 12.4 Å². The second-order valence-electron chi connectivity index (χ2n) is 8.74. The number of amides is 1. The molecule has 206 valence electrons. The maximum Gasteiger partial charge on any atom is 0.250 e. The van der Waals surface area contributed by atoms with Crippen molar-refractivity contribution in [3.8, 4) is 28.6 Å². The molecular weight excluding hydrogens is 536 g/mol. The van der Waals surface area contributed by atoms with Gasteiger partial charge in [-0.05, 0) is 66.6 Å². The number of nitrogens with zero attached hydrogens (tertiary/aromatic N) is 5. The monoisotopic (exact) mass is 564 g/mol. The van der Waals surface area contributed by atoms with Gasteiger partial charge in [0.2, 0.25) is 0 Å². The standard InChI is InChI=1S/C31H28N6O3S/c1-2-39-27-15-13-26(14-16-27)37-30(25-11-7-17-32-20-25)35-36-31(37)41-22-29(38)34-33-19-24-10-6-12-28(18-24)40-21-23-8-4-3-5-9-23/h3-20H,2,21-22H2,1H3,(H,34,38). The number of benzene rings is 3. The molecule has 41 heavy (non-hydrogen) atoms. The molecule has 0 radical (unpaired) electrons. The van der Waals surface area contributed by atoms with E-state index < -0.39 is 0 Å². The maximum absolute atomic E-state index is 12.6. The van der Waals surface area contributed by atoms with Gasteiger partial charge in [0.15, 0.2) is 11.0 Å². The molecule has 5 aromatic rings. The van der Waals surface area contributed by atoms with Gasteiger partial charge in [0.25, 0.3) is 5.91 Å². The highest BCUT2D eigenvalue weighted by atomic mass is 32.2. The SMILES string of the molecule is CCOc1ccc(-n2c(SCC(=O)NN=Cc3cccc(OCc4ccccc4)c3)nnc2-c2cccnc2)cc1. The Morgan fingerprint density at radius 3 is 2.59 bits per heavy atom. The fourth-order valence-corrected chi connectivity index (χ4v) is 4.65. The molecule has 0 saturated carbocycles. The number of carbonyl (C=O) groups excluding carboxylic acids is 1. The third kappa shape index (κ3) is 7.58. The van der Waals surface area contributed by atoms with Crippen LogP contribution < -0.4 is 14.9 Å². The number of pyridine rings is 1. The predicted octanol–water partition coefficient (Wildman–Crippen LogP) is 5.55. The zero-order valence-corrected chi connectivity index (χ0v) is 23.2. The number of hydrogen-bond acceptors (Lipinski definition) is 8. The molecule has 0 aliphatic rings. The van der Waals surface area contributed by atoms with Crippen LogP contribution in [0.5, 0.6) is 11.5 Å². The Morgan fingerprint density at radius 2 is 1.80 bits per heavy atom. The molecule has 0 fully saturated rings. The number of ether oxygens (including phenoxy) is 2. The molecule has 2 aromatic heterocycles. The summed E-state index contributed by atoms with van der Waals surface area (Å²) in [6.07, 6.45) is 5.02. The lowest BCUT2D eigenvalue weighted by atomic mass is 10.2. The highest BCUT2D eigenvalue weighted by Crippen LogP contribution is 2.28. The molecular formula is C31H28N6O3S. The summed E-state index contributed by atoms with van der Waals surface area (Å²) in [6, 6.07) is 28.9. The summed E-state index contributed by atoms with van der Waals surface area (Å²) in [5.41, 5.74) is 6.12. The van der Waals surface area contributed by atoms with Gasteiger partial charge in [0.1, 0.15) is 18.1 Å². The van der Waals surface area contributed by atoms with Gasteiger partial charge in [-0.1, -0.05) is 54.2 Å². The summed E-state index contributed by atoms with van der Waals surface area (Å²) in [4.78, 5) is 16.8. The number of aromatic nitrogens is 4. The van der Waals surface area contributed by atoms with Gasteiger partial charge in [-0.2, -0.15) is 5.10 Å². The normalized spacial score (nSPS) is 11.0. The van der Waals surface area contributed by atoms with Crippen LogP contribution in [0.15, 0.2) is 114 Å². The average molecular weight is 565 g/mol. The third-order valence-corrected chi connectivity index (χ3v) is 6.73. The predicted molar refractivity (Wildman–Crippen MR) is 159 cm³/mol. The maximum atomic E-state index is 12.6. The molecule has 0 unspecified atom stereocenters. The third-order valence-electron chi connectivity index (χ3n) is 5.80. The zero-order valence-electron chi connectivity index (χ0n) is 22.4. The van der Waals surface area contributed by atoms with Crippen molar-refractivity contribution in [1.82, 2.24) is 25.2 Å². The molecule has 5 rings (SSSR count). The van der Waals surface area contributed by atoms with E-state index in [1.165, 1.54) is 11.8 Å². The number of rotatable bonds is 12. The highest BCUT2D eigenvalue weighted by molar-refractivity contribution is 7.99. The van der Waals surface area contributed by atoms with Gasteiger partial charge < -0.3 is 9.47 Å². The van der Waals surface area contributed by atoms with Crippen molar-refractivity contribution in [1.29, 1.82) is 0 Å². The molecule has 0 saturated heterocycles. The lowest BCUT2D eigenvalue weighted by Crippen LogP contribution is -2.20. The minimum Gasteiger partial charge on any atom is -0.494 e. The molecule has 0 atom stereocenters. The first kappa shape index (κ1) is 27.6. The minimum absolute atomic E-state index is 0.0970. The highest BCUT2D eigenvalue weighted by Gasteiger charge is 2.17. The molecule has 1 N–H and O–H groups in total. The second-order valence-corrected chi connectivity index (χ2v) is 9.68. The molecule has 9 nitrogen and oxygen atoms in total. The van der Waals surface area contributed by atoms with Crippen LogP contribution in [-0.4, -0.2) is 44.2 Å². The van der Waals surface area contributed by atoms with Gasteiger partial charge in [0, 0.05) is 23.6 Å². The zero-order chi connectivity index (χ0) is 28.3. The fraction of sp³-hybridized carbons (Fsp3) is 0.129. The lowest BCUT2D eigenvalue weighted by Gasteiger charge is -2.11. The molecule has 2 heterocycles. The Hall–Kier alpha value is -4.96. The lowest BCUT2D eigenvalue weighted by molar-refractivity contribution is -0.118. The van der Waals surface area contributed by atoms with Crippen molar-refractivity contribution in [2.24, 2.45) is 5.10 Å². The first-order valence-electron chi connectivity index (χ1n) is 13.0. The van der Waals surface area contributed by atoms with Gasteiger partial charge in [-0.25, -0.2) is 5.43 Å². The summed E-state index contributed by atoms with van der Waals surface area (Å²) in [6.45, 7) is 3.00. The van der Waals surface area contributed by atoms with Gasteiger partial charge in [-0.15, -0.1) is 10.2 Å². The first-order chi connectivity index (χ1) is 20.2. The van der Waals surface area contributed by atoms with Crippen LogP contribution in [0.1, 0.15) is 18.1 Å². The van der Waals surface area contributed by atoms with Crippen molar-refractivity contribution >= 4 is 23.9 Å². The smallest absolute Gasteiger partial charge is 0.250 e. The topological polar surface area (TPSA) is 104 Å². The number of hydrogen-bond donors (Lipinski definition) is 1. The quantitative estimate of drug-likeness (QED) is 0.120. The van der Waals surface area contributed by atoms with Crippen LogP contribution in [-0.2, 0) is 11.4 Å². The second kappa shape index (κ2) is 13.9. The fourth-order valence-electron chi connectivity index (χ4n) is 3.90. The van der Waals surface area contributed by atoms with E-state index in [0.29, 0.717) is 24.2 Å². The molecule has 0 bridgehead atoms. The van der Waals surface area contributed by atoms with Crippen LogP contribution in [0, 0.1) is 0 Å². The number of nitrogens with one attached hydrogen (secondary N) is 1. The summed E-state index contributed by atoms with van der Waals surface area (Å²) >= 11 is 1.26. The molecule has 0 aliphatic heterocycles. The van der Waals surface area contributed by atoms with Crippen molar-refractivity contribution in [3.63, 3.8) is 0 Å². The van der Waals surface area contributed by atoms with E-state index in [2.05, 4.69) is 25.7 Å². The van der Waals surface area contributed by atoms with Gasteiger partial charge in [-0.3, -0.25) is 14.3 Å². The molecule has 10 heteroatoms. The van der Waals surface area contributed by atoms with Crippen LogP contribution in [0.25, 0.3) is 17.1 Å². The number of thioether (sulfide) groups is 1. The molecule has 1 amide bonds. The van der Waals surface area contributed by atoms with Gasteiger partial charge >= 0.3 is 0 Å². The summed E-state index contributed by atoms with van der Waals surface area (Å²) in [5.74, 6) is 1.94. The van der Waals surface area contributed by atoms with E-state index in [9.17, 15) is 4.79 Å². The van der Waals surface area contributed by atoms with E-state index in [1.54, 1.807) is 18.6 Å². The number of carbonyl (C=O) groups is 1. The Balaban J connectivity index is 1.22. The Morgan fingerprint density at radius 1 is 0.951 bits per heavy atom. The van der Waals surface area contributed by atoms with Crippen LogP contribution in [0.2, 0.25) is 0 Å². The van der Waals surface area contributed by atoms with E-state index >= 15 is 0 Å². The summed E-state index contributed by atoms with van der Waals surface area (Å²) in [7, 11) is 0. The molecule has 0 aliphatic carbocycles. The molecule has 3 aromatic carbocycles. The van der Waals surface area contributed by atoms with Crippen molar-refractivity contribution in [2.45, 2.75) is 18.7 Å². The van der Waals surface area contributed by atoms with Crippen LogP contribution >= 0.6 is 11.8 Å². The molecule has 0 spiro atoms. The van der Waals surface area contributed by atoms with Crippen molar-refractivity contribution < 1.29 is 14.3 Å². The Bertz CT molecular complexity index is 1590.